The molecule has 0 heterocycles. The first kappa shape index (κ1) is 35.5. The second-order valence-electron chi connectivity index (χ2n) is 14.8. The smallest absolute Gasteiger partial charge is 1.00 e. The maximum atomic E-state index is 2.66. The van der Waals surface area contributed by atoms with Crippen molar-refractivity contribution in [2.45, 2.75) is 86.0 Å². The van der Waals surface area contributed by atoms with Gasteiger partial charge in [-0.1, -0.05) is 0 Å². The van der Waals surface area contributed by atoms with Crippen LogP contribution in [-0.2, 0) is 38.5 Å². The van der Waals surface area contributed by atoms with Crippen LogP contribution < -0.4 is 28.1 Å². The number of allylic oxidation sites excluding steroid dienone is 4. The fourth-order valence-electron chi connectivity index (χ4n) is 6.66. The Kier molecular flexibility index (Phi) is 10.6. The summed E-state index contributed by atoms with van der Waals surface area (Å²) in [6, 6.07) is 31.3. The molecule has 2 aliphatic carbocycles. The van der Waals surface area contributed by atoms with Crippen LogP contribution in [0.3, 0.4) is 0 Å². The normalized spacial score (nSPS) is 13.4. The third-order valence-electron chi connectivity index (χ3n) is 9.42. The molecule has 232 valence electrons. The van der Waals surface area contributed by atoms with Crippen LogP contribution >= 0.6 is 0 Å². The molecule has 0 aromatic heterocycles. The van der Waals surface area contributed by atoms with Gasteiger partial charge in [0.25, 0.3) is 0 Å². The van der Waals surface area contributed by atoms with Gasteiger partial charge in [0.05, 0.1) is 0 Å². The summed E-state index contributed by atoms with van der Waals surface area (Å²) in [5.41, 5.74) is 16.0. The van der Waals surface area contributed by atoms with E-state index < -0.39 is 21.3 Å². The second-order valence-corrected chi connectivity index (χ2v) is 20.7. The summed E-state index contributed by atoms with van der Waals surface area (Å²) in [5.74, 6) is 0. The zero-order valence-corrected chi connectivity index (χ0v) is 32.3. The molecule has 0 saturated carbocycles. The van der Waals surface area contributed by atoms with Crippen molar-refractivity contribution in [3.8, 4) is 11.1 Å². The fourth-order valence-corrected chi connectivity index (χ4v) is 15.1. The summed E-state index contributed by atoms with van der Waals surface area (Å²) in [4.78, 5) is 0. The molecule has 0 spiro atoms. The van der Waals surface area contributed by atoms with Crippen molar-refractivity contribution in [1.29, 1.82) is 0 Å². The molecule has 3 heteroatoms. The molecule has 6 rings (SSSR count). The molecule has 0 N–H and O–H groups in total. The number of hydrogen-bond donors (Lipinski definition) is 0. The molecule has 0 amide bonds. The second kappa shape index (κ2) is 13.4. The van der Waals surface area contributed by atoms with Gasteiger partial charge in [-0.2, -0.15) is 0 Å². The molecule has 0 saturated heterocycles. The molecule has 4 aromatic carbocycles. The van der Waals surface area contributed by atoms with Crippen molar-refractivity contribution in [2.75, 3.05) is 0 Å². The molecule has 0 fully saturated rings. The standard InChI is InChI=1S/C21H25.C15H14.C6H7.2ClH.Zr/c1-20(2,3)16-9-7-14-11-15-8-10-17(21(4,5)6)13-19(15)18(14)12-16;1-12-3-7-14(8-4-12)11-15-9-5-13(2)6-10-15;1-6-4-2-3-5-6;;;/h7,9-10,12-13H,11H2,1-6H3;3-10H,1-2H3;2,4H,3H2,1H3;2*1H;/q;;;;;+2/p-2. The van der Waals surface area contributed by atoms with Crippen molar-refractivity contribution < 1.29 is 46.1 Å². The molecule has 0 bridgehead atoms. The van der Waals surface area contributed by atoms with Gasteiger partial charge in [-0.05, 0) is 0 Å². The average Bonchev–Trinajstić information content (AvgIpc) is 3.54. The predicted molar refractivity (Wildman–Crippen MR) is 184 cm³/mol. The monoisotopic (exact) mass is 710 g/mol. The van der Waals surface area contributed by atoms with E-state index >= 15 is 0 Å². The number of aryl methyl sites for hydroxylation is 2. The van der Waals surface area contributed by atoms with E-state index in [9.17, 15) is 0 Å². The first-order valence-electron chi connectivity index (χ1n) is 15.9. The predicted octanol–water partition coefficient (Wildman–Crippen LogP) is 4.22. The third kappa shape index (κ3) is 7.03. The number of rotatable bonds is 4. The molecular weight excluding hydrogens is 667 g/mol. The molecule has 0 atom stereocenters. The minimum absolute atomic E-state index is 0. The summed E-state index contributed by atoms with van der Waals surface area (Å²) in [6.45, 7) is 20.9. The van der Waals surface area contributed by atoms with Gasteiger partial charge in [0.15, 0.2) is 0 Å². The molecule has 0 radical (unpaired) electrons. The summed E-state index contributed by atoms with van der Waals surface area (Å²) in [6.07, 6.45) is 6.91. The SMILES string of the molecule is CC1=[C]([Zr+2](=[C](c2ccc(C)cc2)c2ccc(C)cc2)[c]2cc(C(C)(C)C)cc3c2Cc2ccc(C(C)(C)C)cc2-3)CC=C1.[Cl-].[Cl-]. The van der Waals surface area contributed by atoms with E-state index in [2.05, 4.69) is 153 Å². The molecule has 4 aromatic rings. The Morgan fingerprint density at radius 3 is 1.64 bits per heavy atom. The summed E-state index contributed by atoms with van der Waals surface area (Å²) in [5, 5.41) is 0. The van der Waals surface area contributed by atoms with Gasteiger partial charge in [-0.15, -0.1) is 0 Å². The average molecular weight is 713 g/mol. The first-order valence-corrected chi connectivity index (χ1v) is 19.6. The van der Waals surface area contributed by atoms with Gasteiger partial charge < -0.3 is 24.8 Å². The number of halogens is 2. The first-order chi connectivity index (χ1) is 20.3. The summed E-state index contributed by atoms with van der Waals surface area (Å²) < 4.78 is 5.01. The largest absolute Gasteiger partial charge is 1.00 e. The van der Waals surface area contributed by atoms with Crippen LogP contribution in [0.2, 0.25) is 0 Å². The van der Waals surface area contributed by atoms with Crippen molar-refractivity contribution in [1.82, 2.24) is 0 Å². The van der Waals surface area contributed by atoms with Crippen LogP contribution in [0.5, 0.6) is 0 Å². The van der Waals surface area contributed by atoms with Gasteiger partial charge in [-0.3, -0.25) is 0 Å². The Bertz CT molecular complexity index is 1770. The van der Waals surface area contributed by atoms with E-state index in [-0.39, 0.29) is 35.6 Å². The van der Waals surface area contributed by atoms with Crippen LogP contribution in [0, 0.1) is 13.8 Å². The van der Waals surface area contributed by atoms with Crippen LogP contribution in [0.4, 0.5) is 0 Å². The maximum absolute atomic E-state index is 2.74. The minimum atomic E-state index is -2.74. The van der Waals surface area contributed by atoms with E-state index in [1.807, 2.05) is 0 Å². The van der Waals surface area contributed by atoms with Gasteiger partial charge in [0, 0.05) is 0 Å². The Morgan fingerprint density at radius 2 is 1.16 bits per heavy atom. The van der Waals surface area contributed by atoms with Crippen molar-refractivity contribution in [3.05, 3.63) is 144 Å². The molecule has 0 nitrogen and oxygen atoms in total. The Morgan fingerprint density at radius 1 is 0.622 bits per heavy atom. The quantitative estimate of drug-likeness (QED) is 0.262. The Hall–Kier alpha value is -2.31. The van der Waals surface area contributed by atoms with E-state index in [4.69, 9.17) is 0 Å². The van der Waals surface area contributed by atoms with Gasteiger partial charge in [0.1, 0.15) is 0 Å². The third-order valence-corrected chi connectivity index (χ3v) is 17.4. The summed E-state index contributed by atoms with van der Waals surface area (Å²) >= 11 is -2.74. The Balaban J connectivity index is 0.00000230. The van der Waals surface area contributed by atoms with E-state index in [0.717, 1.165) is 12.8 Å². The number of hydrogen-bond acceptors (Lipinski definition) is 0. The van der Waals surface area contributed by atoms with Crippen LogP contribution in [0.1, 0.15) is 99.4 Å². The van der Waals surface area contributed by atoms with Crippen LogP contribution in [-0.4, -0.2) is 3.21 Å². The van der Waals surface area contributed by atoms with Crippen molar-refractivity contribution >= 4 is 6.48 Å². The van der Waals surface area contributed by atoms with Gasteiger partial charge in [-0.25, -0.2) is 0 Å². The molecule has 45 heavy (non-hydrogen) atoms. The molecular formula is C42H46Cl2Zr. The van der Waals surface area contributed by atoms with Crippen LogP contribution in [0.25, 0.3) is 11.1 Å². The zero-order chi connectivity index (χ0) is 30.7. The summed E-state index contributed by atoms with van der Waals surface area (Å²) in [7, 11) is 0. The van der Waals surface area contributed by atoms with E-state index in [1.165, 1.54) is 55.6 Å². The van der Waals surface area contributed by atoms with Crippen molar-refractivity contribution in [2.24, 2.45) is 0 Å². The minimum Gasteiger partial charge on any atom is -1.00 e. The van der Waals surface area contributed by atoms with Gasteiger partial charge >= 0.3 is 269 Å². The fraction of sp³-hybridized carbons (Fsp3) is 0.310. The van der Waals surface area contributed by atoms with Gasteiger partial charge in [0.2, 0.25) is 0 Å². The number of benzene rings is 4. The van der Waals surface area contributed by atoms with E-state index in [1.54, 1.807) is 15.3 Å². The van der Waals surface area contributed by atoms with Crippen molar-refractivity contribution in [3.63, 3.8) is 0 Å². The van der Waals surface area contributed by atoms with E-state index in [0.29, 0.717) is 0 Å². The molecule has 0 unspecified atom stereocenters. The molecule has 0 aliphatic heterocycles. The Labute approximate surface area is 292 Å². The number of fused-ring (bicyclic) bond motifs is 3. The zero-order valence-electron chi connectivity index (χ0n) is 28.3. The molecule has 2 aliphatic rings. The topological polar surface area (TPSA) is 0 Å². The maximum Gasteiger partial charge on any atom is -1.00 e. The van der Waals surface area contributed by atoms with Crippen LogP contribution in [0.15, 0.2) is 99.9 Å².